The summed E-state index contributed by atoms with van der Waals surface area (Å²) >= 11 is 0. The molecule has 0 saturated carbocycles. The Hall–Kier alpha value is -1.75. The Balaban J connectivity index is 2.91. The Morgan fingerprint density at radius 1 is 1.45 bits per heavy atom. The van der Waals surface area contributed by atoms with Gasteiger partial charge in [0, 0.05) is 17.6 Å². The molecule has 0 spiro atoms. The first-order chi connectivity index (χ1) is 5.38. The van der Waals surface area contributed by atoms with Gasteiger partial charge in [0.15, 0.2) is 0 Å². The maximum absolute atomic E-state index is 5.63. The fraction of sp³-hybridized carbons (Fsp3) is 0. The smallest absolute Gasteiger partial charge is 0.0926 e. The van der Waals surface area contributed by atoms with E-state index in [1.807, 2.05) is 12.1 Å². The molecule has 0 atom stereocenters. The fourth-order valence-corrected chi connectivity index (χ4v) is 1.01. The molecule has 0 radical (unpaired) electrons. The maximum atomic E-state index is 5.63. The van der Waals surface area contributed by atoms with Gasteiger partial charge in [-0.1, -0.05) is 6.07 Å². The van der Waals surface area contributed by atoms with E-state index in [0.29, 0.717) is 5.69 Å². The van der Waals surface area contributed by atoms with Crippen LogP contribution in [-0.2, 0) is 0 Å². The van der Waals surface area contributed by atoms with Crippen molar-refractivity contribution in [1.82, 2.24) is 4.98 Å². The van der Waals surface area contributed by atoms with E-state index >= 15 is 0 Å². The number of fused-ring (bicyclic) bond motifs is 1. The van der Waals surface area contributed by atoms with Crippen LogP contribution in [0.5, 0.6) is 0 Å². The Bertz CT molecular complexity index is 377. The van der Waals surface area contributed by atoms with Crippen LogP contribution in [0, 0.1) is 12.1 Å². The molecule has 1 aromatic carbocycles. The molecular weight excluding hydrogens is 136 g/mol. The lowest BCUT2D eigenvalue weighted by Crippen LogP contribution is -1.85. The highest BCUT2D eigenvalue weighted by Gasteiger charge is 1.93. The molecule has 11 heavy (non-hydrogen) atoms. The van der Waals surface area contributed by atoms with Gasteiger partial charge >= 0.3 is 0 Å². The van der Waals surface area contributed by atoms with E-state index in [-0.39, 0.29) is 0 Å². The van der Waals surface area contributed by atoms with Crippen molar-refractivity contribution in [2.75, 3.05) is 5.73 Å². The molecule has 0 aliphatic rings. The fourth-order valence-electron chi connectivity index (χ4n) is 1.01. The predicted octanol–water partition coefficient (Wildman–Crippen LogP) is 1.42. The van der Waals surface area contributed by atoms with E-state index in [0.717, 1.165) is 10.9 Å². The second-order valence-electron chi connectivity index (χ2n) is 2.26. The number of rotatable bonds is 0. The van der Waals surface area contributed by atoms with Crippen LogP contribution in [0.4, 0.5) is 5.69 Å². The lowest BCUT2D eigenvalue weighted by molar-refractivity contribution is 1.42. The van der Waals surface area contributed by atoms with E-state index in [1.54, 1.807) is 12.3 Å². The third-order valence-corrected chi connectivity index (χ3v) is 1.54. The number of hydrogen-bond acceptors (Lipinski definition) is 2. The first-order valence-corrected chi connectivity index (χ1v) is 3.30. The molecular formula is C9H6N2. The zero-order chi connectivity index (χ0) is 7.68. The van der Waals surface area contributed by atoms with Gasteiger partial charge in [-0.3, -0.25) is 4.98 Å². The number of pyridine rings is 1. The number of nitrogens with two attached hydrogens (primary N) is 1. The van der Waals surface area contributed by atoms with Crippen molar-refractivity contribution in [2.45, 2.75) is 0 Å². The second-order valence-corrected chi connectivity index (χ2v) is 2.26. The molecule has 0 unspecified atom stereocenters. The average molecular weight is 142 g/mol. The summed E-state index contributed by atoms with van der Waals surface area (Å²) in [6, 6.07) is 11.1. The first kappa shape index (κ1) is 5.99. The molecule has 1 heterocycles. The standard InChI is InChI=1S/C9H6N2/c10-8-4-1-5-9-7(8)3-2-6-11-9/h2-3,5-6H,10H2. The van der Waals surface area contributed by atoms with Crippen molar-refractivity contribution in [2.24, 2.45) is 0 Å². The monoisotopic (exact) mass is 142 g/mol. The van der Waals surface area contributed by atoms with E-state index in [9.17, 15) is 0 Å². The number of nitrogen functional groups attached to an aromatic ring is 1. The topological polar surface area (TPSA) is 38.9 Å². The zero-order valence-corrected chi connectivity index (χ0v) is 5.83. The summed E-state index contributed by atoms with van der Waals surface area (Å²) in [5, 5.41) is 0.936. The van der Waals surface area contributed by atoms with Crippen LogP contribution in [0.1, 0.15) is 0 Å². The minimum atomic E-state index is 0.607. The van der Waals surface area contributed by atoms with Crippen LogP contribution < -0.4 is 5.73 Å². The van der Waals surface area contributed by atoms with Gasteiger partial charge in [-0.2, -0.15) is 0 Å². The van der Waals surface area contributed by atoms with Gasteiger partial charge < -0.3 is 5.73 Å². The normalized spacial score (nSPS) is 9.45. The zero-order valence-electron chi connectivity index (χ0n) is 5.83. The van der Waals surface area contributed by atoms with Crippen molar-refractivity contribution in [3.63, 3.8) is 0 Å². The molecule has 2 rings (SSSR count). The Labute approximate surface area is 64.7 Å². The molecule has 1 aromatic heterocycles. The molecule has 2 N–H and O–H groups in total. The van der Waals surface area contributed by atoms with Gasteiger partial charge in [-0.15, -0.1) is 0 Å². The van der Waals surface area contributed by atoms with Crippen LogP contribution in [0.15, 0.2) is 24.4 Å². The van der Waals surface area contributed by atoms with Gasteiger partial charge in [0.1, 0.15) is 0 Å². The molecule has 0 aliphatic carbocycles. The molecule has 0 aliphatic heterocycles. The minimum Gasteiger partial charge on any atom is -0.391 e. The summed E-state index contributed by atoms with van der Waals surface area (Å²) in [6.45, 7) is 0. The molecule has 2 aromatic rings. The SMILES string of the molecule is Nc1c#ccc2ncccc12. The van der Waals surface area contributed by atoms with Gasteiger partial charge in [0.05, 0.1) is 11.2 Å². The first-order valence-electron chi connectivity index (χ1n) is 3.30. The number of aromatic nitrogens is 1. The lowest BCUT2D eigenvalue weighted by Gasteiger charge is -1.94. The largest absolute Gasteiger partial charge is 0.391 e. The molecule has 0 bridgehead atoms. The van der Waals surface area contributed by atoms with E-state index in [4.69, 9.17) is 5.73 Å². The highest BCUT2D eigenvalue weighted by atomic mass is 14.7. The lowest BCUT2D eigenvalue weighted by atomic mass is 10.2. The van der Waals surface area contributed by atoms with Crippen molar-refractivity contribution >= 4 is 16.6 Å². The third-order valence-electron chi connectivity index (χ3n) is 1.54. The summed E-state index contributed by atoms with van der Waals surface area (Å²) in [5.41, 5.74) is 7.10. The van der Waals surface area contributed by atoms with Crippen LogP contribution >= 0.6 is 0 Å². The Morgan fingerprint density at radius 2 is 2.36 bits per heavy atom. The molecule has 0 fully saturated rings. The molecule has 0 amide bonds. The molecule has 2 heteroatoms. The van der Waals surface area contributed by atoms with E-state index < -0.39 is 0 Å². The minimum absolute atomic E-state index is 0.607. The van der Waals surface area contributed by atoms with Gasteiger partial charge in [-0.25, -0.2) is 0 Å². The summed E-state index contributed by atoms with van der Waals surface area (Å²) in [4.78, 5) is 4.11. The van der Waals surface area contributed by atoms with Gasteiger partial charge in [0.25, 0.3) is 0 Å². The third kappa shape index (κ3) is 0.870. The number of anilines is 1. The van der Waals surface area contributed by atoms with Crippen LogP contribution in [0.2, 0.25) is 0 Å². The summed E-state index contributed by atoms with van der Waals surface area (Å²) < 4.78 is 0. The molecule has 2 nitrogen and oxygen atoms in total. The van der Waals surface area contributed by atoms with Crippen molar-refractivity contribution in [3.8, 4) is 0 Å². The highest BCUT2D eigenvalue weighted by Crippen LogP contribution is 2.14. The Morgan fingerprint density at radius 3 is 3.18 bits per heavy atom. The highest BCUT2D eigenvalue weighted by molar-refractivity contribution is 5.88. The summed E-state index contributed by atoms with van der Waals surface area (Å²) in [7, 11) is 0. The molecule has 52 valence electrons. The van der Waals surface area contributed by atoms with Crippen molar-refractivity contribution < 1.29 is 0 Å². The summed E-state index contributed by atoms with van der Waals surface area (Å²) in [5.74, 6) is 0. The predicted molar refractivity (Wildman–Crippen MR) is 43.8 cm³/mol. The van der Waals surface area contributed by atoms with Gasteiger partial charge in [-0.05, 0) is 18.2 Å². The van der Waals surface area contributed by atoms with Gasteiger partial charge in [0.2, 0.25) is 0 Å². The van der Waals surface area contributed by atoms with Crippen LogP contribution in [0.25, 0.3) is 10.9 Å². The maximum Gasteiger partial charge on any atom is 0.0926 e. The number of nitrogens with zero attached hydrogens (tertiary/aromatic N) is 1. The van der Waals surface area contributed by atoms with E-state index in [2.05, 4.69) is 17.1 Å². The van der Waals surface area contributed by atoms with Crippen molar-refractivity contribution in [1.29, 1.82) is 0 Å². The van der Waals surface area contributed by atoms with Crippen LogP contribution in [-0.4, -0.2) is 4.98 Å². The second kappa shape index (κ2) is 2.14. The number of hydrogen-bond donors (Lipinski definition) is 1. The average Bonchev–Trinajstić information content (AvgIpc) is 2.06. The quantitative estimate of drug-likeness (QED) is 0.604. The summed E-state index contributed by atoms with van der Waals surface area (Å²) in [6.07, 6.45) is 1.73. The Kier molecular flexibility index (Phi) is 1.16. The molecule has 0 saturated heterocycles. The van der Waals surface area contributed by atoms with Crippen molar-refractivity contribution in [3.05, 3.63) is 36.5 Å². The van der Waals surface area contributed by atoms with Crippen LogP contribution in [0.3, 0.4) is 0 Å². The van der Waals surface area contributed by atoms with E-state index in [1.165, 1.54) is 0 Å².